The fourth-order valence-electron chi connectivity index (χ4n) is 2.72. The number of carbonyl (C=O) groups excluding carboxylic acids is 1. The maximum Gasteiger partial charge on any atom is 0.255 e. The molecule has 0 unspecified atom stereocenters. The van der Waals surface area contributed by atoms with Crippen LogP contribution in [0.3, 0.4) is 0 Å². The lowest BCUT2D eigenvalue weighted by Gasteiger charge is -2.07. The second kappa shape index (κ2) is 7.23. The minimum absolute atomic E-state index is 0.0873. The van der Waals surface area contributed by atoms with E-state index in [0.717, 1.165) is 30.5 Å². The van der Waals surface area contributed by atoms with Crippen molar-refractivity contribution in [2.75, 3.05) is 11.9 Å². The highest BCUT2D eigenvalue weighted by Gasteiger charge is 2.24. The lowest BCUT2D eigenvalue weighted by atomic mass is 10.0. The van der Waals surface area contributed by atoms with Crippen LogP contribution >= 0.6 is 11.3 Å². The molecule has 1 aromatic carbocycles. The molecule has 2 aromatic rings. The molecule has 1 aliphatic heterocycles. The van der Waals surface area contributed by atoms with Crippen molar-refractivity contribution in [1.82, 2.24) is 4.98 Å². The van der Waals surface area contributed by atoms with Crippen LogP contribution in [0.4, 0.5) is 5.13 Å². The average molecular weight is 330 g/mol. The standard InChI is InChI=1S/C18H22N2O2S/c1-12(2)10-13-5-7-14(8-6-13)15-11-23-18(19-15)20-17(21)16-4-3-9-22-16/h5-8,11-12,16H,3-4,9-10H2,1-2H3,(H,19,20,21)/t16-/m0/s1. The van der Waals surface area contributed by atoms with Gasteiger partial charge in [-0.2, -0.15) is 0 Å². The lowest BCUT2D eigenvalue weighted by molar-refractivity contribution is -0.124. The van der Waals surface area contributed by atoms with Crippen LogP contribution in [0.5, 0.6) is 0 Å². The topological polar surface area (TPSA) is 51.2 Å². The smallest absolute Gasteiger partial charge is 0.255 e. The van der Waals surface area contributed by atoms with Gasteiger partial charge >= 0.3 is 0 Å². The third-order valence-electron chi connectivity index (χ3n) is 3.85. The minimum atomic E-state index is -0.322. The van der Waals surface area contributed by atoms with E-state index >= 15 is 0 Å². The van der Waals surface area contributed by atoms with Crippen molar-refractivity contribution in [2.45, 2.75) is 39.2 Å². The molecule has 0 spiro atoms. The molecule has 5 heteroatoms. The van der Waals surface area contributed by atoms with Crippen molar-refractivity contribution in [3.8, 4) is 11.3 Å². The molecule has 1 aliphatic rings. The van der Waals surface area contributed by atoms with E-state index in [4.69, 9.17) is 4.74 Å². The van der Waals surface area contributed by atoms with Crippen LogP contribution in [0.15, 0.2) is 29.6 Å². The van der Waals surface area contributed by atoms with Crippen LogP contribution < -0.4 is 5.32 Å². The summed E-state index contributed by atoms with van der Waals surface area (Å²) in [4.78, 5) is 16.6. The first-order chi connectivity index (χ1) is 11.1. The molecule has 4 nitrogen and oxygen atoms in total. The molecule has 1 amide bonds. The second-order valence-electron chi connectivity index (χ2n) is 6.32. The number of ether oxygens (including phenoxy) is 1. The predicted molar refractivity (Wildman–Crippen MR) is 93.7 cm³/mol. The van der Waals surface area contributed by atoms with Gasteiger partial charge in [-0.1, -0.05) is 38.1 Å². The number of hydrogen-bond donors (Lipinski definition) is 1. The molecule has 122 valence electrons. The molecule has 23 heavy (non-hydrogen) atoms. The summed E-state index contributed by atoms with van der Waals surface area (Å²) < 4.78 is 5.39. The van der Waals surface area contributed by atoms with Gasteiger partial charge in [-0.15, -0.1) is 11.3 Å². The Balaban J connectivity index is 1.65. The van der Waals surface area contributed by atoms with E-state index in [1.807, 2.05) is 5.38 Å². The second-order valence-corrected chi connectivity index (χ2v) is 7.18. The van der Waals surface area contributed by atoms with E-state index in [1.165, 1.54) is 16.9 Å². The summed E-state index contributed by atoms with van der Waals surface area (Å²) in [6.07, 6.45) is 2.50. The number of aromatic nitrogens is 1. The molecule has 1 saturated heterocycles. The Morgan fingerprint density at radius 1 is 1.39 bits per heavy atom. The number of carbonyl (C=O) groups is 1. The molecular weight excluding hydrogens is 308 g/mol. The first kappa shape index (κ1) is 16.1. The summed E-state index contributed by atoms with van der Waals surface area (Å²) in [5.74, 6) is 0.565. The summed E-state index contributed by atoms with van der Waals surface area (Å²) in [6, 6.07) is 8.50. The number of nitrogens with zero attached hydrogens (tertiary/aromatic N) is 1. The number of anilines is 1. The number of thiazole rings is 1. The average Bonchev–Trinajstić information content (AvgIpc) is 3.18. The SMILES string of the molecule is CC(C)Cc1ccc(-c2csc(NC(=O)[C@@H]3CCCO3)n2)cc1. The van der Waals surface area contributed by atoms with Crippen LogP contribution in [0.25, 0.3) is 11.3 Å². The lowest BCUT2D eigenvalue weighted by Crippen LogP contribution is -2.26. The fourth-order valence-corrected chi connectivity index (χ4v) is 3.44. The van der Waals surface area contributed by atoms with E-state index in [0.29, 0.717) is 17.7 Å². The van der Waals surface area contributed by atoms with Crippen molar-refractivity contribution in [1.29, 1.82) is 0 Å². The van der Waals surface area contributed by atoms with Gasteiger partial charge in [0.2, 0.25) is 0 Å². The van der Waals surface area contributed by atoms with Crippen LogP contribution in [0, 0.1) is 5.92 Å². The number of benzene rings is 1. The Labute approximate surface area is 140 Å². The molecular formula is C18H22N2O2S. The summed E-state index contributed by atoms with van der Waals surface area (Å²) in [6.45, 7) is 5.11. The molecule has 0 saturated carbocycles. The number of hydrogen-bond acceptors (Lipinski definition) is 4. The normalized spacial score (nSPS) is 17.6. The van der Waals surface area contributed by atoms with Crippen LogP contribution in [-0.2, 0) is 16.0 Å². The Morgan fingerprint density at radius 2 is 2.17 bits per heavy atom. The Kier molecular flexibility index (Phi) is 5.08. The van der Waals surface area contributed by atoms with Gasteiger partial charge in [0.1, 0.15) is 6.10 Å². The minimum Gasteiger partial charge on any atom is -0.368 e. The first-order valence-corrected chi connectivity index (χ1v) is 8.97. The van der Waals surface area contributed by atoms with Crippen LogP contribution in [0.1, 0.15) is 32.3 Å². The molecule has 1 atom stereocenters. The number of nitrogens with one attached hydrogen (secondary N) is 1. The maximum atomic E-state index is 12.0. The summed E-state index contributed by atoms with van der Waals surface area (Å²) in [5.41, 5.74) is 3.31. The molecule has 3 rings (SSSR count). The Morgan fingerprint density at radius 3 is 2.83 bits per heavy atom. The third kappa shape index (κ3) is 4.18. The Hall–Kier alpha value is -1.72. The Bertz CT molecular complexity index is 658. The van der Waals surface area contributed by atoms with Gasteiger partial charge in [0, 0.05) is 17.6 Å². The highest BCUT2D eigenvalue weighted by Crippen LogP contribution is 2.26. The summed E-state index contributed by atoms with van der Waals surface area (Å²) in [5, 5.41) is 5.46. The van der Waals surface area contributed by atoms with Crippen LogP contribution in [0.2, 0.25) is 0 Å². The largest absolute Gasteiger partial charge is 0.368 e. The fraction of sp³-hybridized carbons (Fsp3) is 0.444. The number of amides is 1. The highest BCUT2D eigenvalue weighted by molar-refractivity contribution is 7.14. The van der Waals surface area contributed by atoms with Gasteiger partial charge < -0.3 is 4.74 Å². The zero-order chi connectivity index (χ0) is 16.2. The zero-order valence-corrected chi connectivity index (χ0v) is 14.4. The van der Waals surface area contributed by atoms with Gasteiger partial charge in [-0.05, 0) is 30.7 Å². The van der Waals surface area contributed by atoms with E-state index in [1.54, 1.807) is 0 Å². The van der Waals surface area contributed by atoms with Gasteiger partial charge in [0.05, 0.1) is 5.69 Å². The van der Waals surface area contributed by atoms with Crippen molar-refractivity contribution in [2.24, 2.45) is 5.92 Å². The molecule has 0 radical (unpaired) electrons. The highest BCUT2D eigenvalue weighted by atomic mass is 32.1. The van der Waals surface area contributed by atoms with E-state index in [-0.39, 0.29) is 12.0 Å². The van der Waals surface area contributed by atoms with E-state index in [9.17, 15) is 4.79 Å². The van der Waals surface area contributed by atoms with Crippen molar-refractivity contribution in [3.05, 3.63) is 35.2 Å². The molecule has 0 bridgehead atoms. The molecule has 0 aliphatic carbocycles. The zero-order valence-electron chi connectivity index (χ0n) is 13.5. The first-order valence-electron chi connectivity index (χ1n) is 8.09. The maximum absolute atomic E-state index is 12.0. The van der Waals surface area contributed by atoms with E-state index in [2.05, 4.69) is 48.4 Å². The summed E-state index contributed by atoms with van der Waals surface area (Å²) in [7, 11) is 0. The third-order valence-corrected chi connectivity index (χ3v) is 4.61. The van der Waals surface area contributed by atoms with Crippen molar-refractivity contribution >= 4 is 22.4 Å². The van der Waals surface area contributed by atoms with E-state index < -0.39 is 0 Å². The predicted octanol–water partition coefficient (Wildman–Crippen LogP) is 4.13. The molecule has 2 heterocycles. The van der Waals surface area contributed by atoms with Gasteiger partial charge in [0.15, 0.2) is 5.13 Å². The molecule has 1 N–H and O–H groups in total. The summed E-state index contributed by atoms with van der Waals surface area (Å²) >= 11 is 1.45. The van der Waals surface area contributed by atoms with Crippen LogP contribution in [-0.4, -0.2) is 23.6 Å². The van der Waals surface area contributed by atoms with Gasteiger partial charge in [-0.25, -0.2) is 4.98 Å². The van der Waals surface area contributed by atoms with Crippen molar-refractivity contribution in [3.63, 3.8) is 0 Å². The van der Waals surface area contributed by atoms with Crippen molar-refractivity contribution < 1.29 is 9.53 Å². The monoisotopic (exact) mass is 330 g/mol. The quantitative estimate of drug-likeness (QED) is 0.897. The van der Waals surface area contributed by atoms with Gasteiger partial charge in [-0.3, -0.25) is 10.1 Å². The van der Waals surface area contributed by atoms with Gasteiger partial charge in [0.25, 0.3) is 5.91 Å². The number of rotatable bonds is 5. The molecule has 1 fully saturated rings. The molecule has 1 aromatic heterocycles.